The van der Waals surface area contributed by atoms with E-state index in [9.17, 15) is 9.90 Å². The molecule has 0 atom stereocenters. The second kappa shape index (κ2) is 6.65. The molecule has 2 aromatic rings. The van der Waals surface area contributed by atoms with E-state index in [0.717, 1.165) is 11.3 Å². The molecule has 5 nitrogen and oxygen atoms in total. The van der Waals surface area contributed by atoms with Crippen LogP contribution in [0.2, 0.25) is 0 Å². The lowest BCUT2D eigenvalue weighted by Gasteiger charge is -2.13. The number of benzene rings is 2. The largest absolute Gasteiger partial charge is 0.497 e. The first-order valence-electron chi connectivity index (χ1n) is 6.31. The summed E-state index contributed by atoms with van der Waals surface area (Å²) in [5.41, 5.74) is 0.973. The van der Waals surface area contributed by atoms with Gasteiger partial charge in [0.2, 0.25) is 0 Å². The summed E-state index contributed by atoms with van der Waals surface area (Å²) in [5.74, 6) is 0.313. The number of para-hydroxylation sites is 1. The van der Waals surface area contributed by atoms with E-state index in [0.29, 0.717) is 5.75 Å². The van der Waals surface area contributed by atoms with Gasteiger partial charge in [-0.1, -0.05) is 18.2 Å². The SMILES string of the molecule is COc1ccc(COc2c(OC)cccc2C(=O)O)cc1. The fourth-order valence-electron chi connectivity index (χ4n) is 1.87. The number of methoxy groups -OCH3 is 2. The number of carboxylic acids is 1. The number of rotatable bonds is 6. The van der Waals surface area contributed by atoms with Crippen molar-refractivity contribution in [2.45, 2.75) is 6.61 Å². The molecule has 0 aliphatic carbocycles. The van der Waals surface area contributed by atoms with Gasteiger partial charge in [-0.25, -0.2) is 4.79 Å². The Bertz CT molecular complexity index is 619. The summed E-state index contributed by atoms with van der Waals surface area (Å²) < 4.78 is 15.9. The monoisotopic (exact) mass is 288 g/mol. The van der Waals surface area contributed by atoms with Crippen LogP contribution in [0.3, 0.4) is 0 Å². The highest BCUT2D eigenvalue weighted by atomic mass is 16.5. The standard InChI is InChI=1S/C16H16O5/c1-19-12-8-6-11(7-9-12)10-21-15-13(16(17)18)4-3-5-14(15)20-2/h3-9H,10H2,1-2H3,(H,17,18). The van der Waals surface area contributed by atoms with Gasteiger partial charge in [-0.3, -0.25) is 0 Å². The number of ether oxygens (including phenoxy) is 3. The van der Waals surface area contributed by atoms with E-state index < -0.39 is 5.97 Å². The lowest BCUT2D eigenvalue weighted by atomic mass is 10.2. The Hall–Kier alpha value is -2.69. The highest BCUT2D eigenvalue weighted by Crippen LogP contribution is 2.31. The van der Waals surface area contributed by atoms with Crippen molar-refractivity contribution in [3.05, 3.63) is 53.6 Å². The van der Waals surface area contributed by atoms with Crippen LogP contribution in [-0.2, 0) is 6.61 Å². The Balaban J connectivity index is 2.20. The highest BCUT2D eigenvalue weighted by Gasteiger charge is 2.16. The Morgan fingerprint density at radius 2 is 1.76 bits per heavy atom. The van der Waals surface area contributed by atoms with Gasteiger partial charge in [0.05, 0.1) is 14.2 Å². The van der Waals surface area contributed by atoms with E-state index >= 15 is 0 Å². The van der Waals surface area contributed by atoms with Crippen molar-refractivity contribution in [2.24, 2.45) is 0 Å². The van der Waals surface area contributed by atoms with Crippen LogP contribution in [0.1, 0.15) is 15.9 Å². The van der Waals surface area contributed by atoms with Gasteiger partial charge in [-0.15, -0.1) is 0 Å². The van der Waals surface area contributed by atoms with Crippen LogP contribution in [-0.4, -0.2) is 25.3 Å². The second-order valence-corrected chi connectivity index (χ2v) is 4.28. The first-order chi connectivity index (χ1) is 10.2. The van der Waals surface area contributed by atoms with Gasteiger partial charge < -0.3 is 19.3 Å². The summed E-state index contributed by atoms with van der Waals surface area (Å²) in [7, 11) is 3.07. The summed E-state index contributed by atoms with van der Waals surface area (Å²) in [6, 6.07) is 12.1. The normalized spacial score (nSPS) is 10.0. The van der Waals surface area contributed by atoms with Crippen molar-refractivity contribution in [1.29, 1.82) is 0 Å². The quantitative estimate of drug-likeness (QED) is 0.885. The molecule has 0 radical (unpaired) electrons. The Labute approximate surface area is 122 Å². The third-order valence-electron chi connectivity index (χ3n) is 2.97. The van der Waals surface area contributed by atoms with Gasteiger partial charge in [-0.2, -0.15) is 0 Å². The van der Waals surface area contributed by atoms with Crippen molar-refractivity contribution < 1.29 is 24.1 Å². The molecule has 2 rings (SSSR count). The van der Waals surface area contributed by atoms with Crippen LogP contribution >= 0.6 is 0 Å². The number of hydrogen-bond acceptors (Lipinski definition) is 4. The molecule has 5 heteroatoms. The Morgan fingerprint density at radius 3 is 2.33 bits per heavy atom. The fourth-order valence-corrected chi connectivity index (χ4v) is 1.87. The van der Waals surface area contributed by atoms with E-state index in [1.165, 1.54) is 13.2 Å². The third kappa shape index (κ3) is 3.45. The minimum atomic E-state index is -1.06. The van der Waals surface area contributed by atoms with Crippen molar-refractivity contribution >= 4 is 5.97 Å². The van der Waals surface area contributed by atoms with Crippen LogP contribution in [0.5, 0.6) is 17.2 Å². The molecule has 0 aliphatic rings. The maximum atomic E-state index is 11.2. The first-order valence-corrected chi connectivity index (χ1v) is 6.31. The van der Waals surface area contributed by atoms with Gasteiger partial charge in [0.1, 0.15) is 17.9 Å². The molecule has 2 aromatic carbocycles. The first kappa shape index (κ1) is 14.7. The van der Waals surface area contributed by atoms with Gasteiger partial charge in [0, 0.05) is 0 Å². The summed E-state index contributed by atoms with van der Waals surface area (Å²) in [6.07, 6.45) is 0. The van der Waals surface area contributed by atoms with Gasteiger partial charge in [-0.05, 0) is 29.8 Å². The third-order valence-corrected chi connectivity index (χ3v) is 2.97. The number of aromatic carboxylic acids is 1. The van der Waals surface area contributed by atoms with Crippen molar-refractivity contribution in [3.8, 4) is 17.2 Å². The summed E-state index contributed by atoms with van der Waals surface area (Å²) in [4.78, 5) is 11.2. The Kier molecular flexibility index (Phi) is 4.66. The molecule has 21 heavy (non-hydrogen) atoms. The Morgan fingerprint density at radius 1 is 1.05 bits per heavy atom. The van der Waals surface area contributed by atoms with E-state index in [-0.39, 0.29) is 17.9 Å². The molecule has 110 valence electrons. The van der Waals surface area contributed by atoms with E-state index in [2.05, 4.69) is 0 Å². The van der Waals surface area contributed by atoms with Crippen LogP contribution in [0.15, 0.2) is 42.5 Å². The zero-order valence-corrected chi connectivity index (χ0v) is 11.8. The summed E-state index contributed by atoms with van der Waals surface area (Å²) >= 11 is 0. The molecule has 0 heterocycles. The maximum absolute atomic E-state index is 11.2. The molecule has 0 aliphatic heterocycles. The van der Waals surface area contributed by atoms with E-state index in [4.69, 9.17) is 14.2 Å². The van der Waals surface area contributed by atoms with Crippen LogP contribution in [0, 0.1) is 0 Å². The van der Waals surface area contributed by atoms with Crippen LogP contribution < -0.4 is 14.2 Å². The average Bonchev–Trinajstić information content (AvgIpc) is 2.52. The lowest BCUT2D eigenvalue weighted by Crippen LogP contribution is -2.05. The minimum absolute atomic E-state index is 0.0721. The average molecular weight is 288 g/mol. The predicted molar refractivity (Wildman–Crippen MR) is 77.3 cm³/mol. The van der Waals surface area contributed by atoms with Crippen molar-refractivity contribution in [3.63, 3.8) is 0 Å². The predicted octanol–water partition coefficient (Wildman–Crippen LogP) is 2.98. The molecule has 1 N–H and O–H groups in total. The molecule has 0 spiro atoms. The molecule has 0 unspecified atom stereocenters. The minimum Gasteiger partial charge on any atom is -0.497 e. The van der Waals surface area contributed by atoms with Crippen molar-refractivity contribution in [2.75, 3.05) is 14.2 Å². The fraction of sp³-hybridized carbons (Fsp3) is 0.188. The molecule has 0 saturated carbocycles. The maximum Gasteiger partial charge on any atom is 0.339 e. The van der Waals surface area contributed by atoms with Crippen molar-refractivity contribution in [1.82, 2.24) is 0 Å². The summed E-state index contributed by atoms with van der Waals surface area (Å²) in [5, 5.41) is 9.20. The molecule has 0 aromatic heterocycles. The zero-order valence-electron chi connectivity index (χ0n) is 11.8. The molecule has 0 bridgehead atoms. The zero-order chi connectivity index (χ0) is 15.2. The van der Waals surface area contributed by atoms with E-state index in [1.54, 1.807) is 19.2 Å². The highest BCUT2D eigenvalue weighted by molar-refractivity contribution is 5.92. The molecule has 0 saturated heterocycles. The molecule has 0 amide bonds. The molecular formula is C16H16O5. The van der Waals surface area contributed by atoms with E-state index in [1.807, 2.05) is 24.3 Å². The van der Waals surface area contributed by atoms with Crippen LogP contribution in [0.25, 0.3) is 0 Å². The topological polar surface area (TPSA) is 65.0 Å². The number of hydrogen-bond donors (Lipinski definition) is 1. The van der Waals surface area contributed by atoms with Gasteiger partial charge in [0.25, 0.3) is 0 Å². The van der Waals surface area contributed by atoms with Gasteiger partial charge in [0.15, 0.2) is 11.5 Å². The summed E-state index contributed by atoms with van der Waals surface area (Å²) in [6.45, 7) is 0.241. The lowest BCUT2D eigenvalue weighted by molar-refractivity contribution is 0.0691. The number of carboxylic acid groups (broad SMARTS) is 1. The second-order valence-electron chi connectivity index (χ2n) is 4.28. The van der Waals surface area contributed by atoms with Crippen LogP contribution in [0.4, 0.5) is 0 Å². The number of carbonyl (C=O) groups is 1. The molecular weight excluding hydrogens is 272 g/mol. The smallest absolute Gasteiger partial charge is 0.339 e. The molecule has 0 fully saturated rings. The van der Waals surface area contributed by atoms with Gasteiger partial charge >= 0.3 is 5.97 Å².